The van der Waals surface area contributed by atoms with Gasteiger partial charge in [0, 0.05) is 12.0 Å². The third kappa shape index (κ3) is 2.57. The number of carbonyl (C=O) groups excluding carboxylic acids is 1. The smallest absolute Gasteiger partial charge is 0.362 e. The van der Waals surface area contributed by atoms with E-state index in [1.165, 1.54) is 23.1 Å². The zero-order valence-corrected chi connectivity index (χ0v) is 15.0. The molecule has 0 radical (unpaired) electrons. The van der Waals surface area contributed by atoms with Crippen LogP contribution >= 0.6 is 23.1 Å². The van der Waals surface area contributed by atoms with Gasteiger partial charge in [0.15, 0.2) is 5.78 Å². The number of alkyl halides is 3. The Labute approximate surface area is 145 Å². The van der Waals surface area contributed by atoms with E-state index in [0.717, 1.165) is 9.77 Å². The molecule has 0 spiro atoms. The Balaban J connectivity index is 2.10. The first kappa shape index (κ1) is 17.8. The standard InChI is InChI=1S/C15H17F3N2O2S2/c1-13(2)5-4-8(21)9-10(13)11(24-12(9)23-3)7-6-14(22,20-19-7)15(16,17)18/h20,22H,4-6H2,1-3H3/t14-/m1/s1. The van der Waals surface area contributed by atoms with Gasteiger partial charge in [-0.05, 0) is 23.7 Å². The molecule has 2 aliphatic rings. The number of hydrogen-bond acceptors (Lipinski definition) is 6. The minimum absolute atomic E-state index is 0.0221. The van der Waals surface area contributed by atoms with Gasteiger partial charge in [-0.25, -0.2) is 0 Å². The minimum Gasteiger partial charge on any atom is -0.362 e. The van der Waals surface area contributed by atoms with Gasteiger partial charge in [0.05, 0.1) is 21.2 Å². The zero-order chi connectivity index (χ0) is 17.9. The van der Waals surface area contributed by atoms with E-state index in [-0.39, 0.29) is 16.9 Å². The molecule has 0 saturated carbocycles. The molecule has 24 heavy (non-hydrogen) atoms. The van der Waals surface area contributed by atoms with Gasteiger partial charge in [0.2, 0.25) is 0 Å². The number of hydrogen-bond donors (Lipinski definition) is 2. The summed E-state index contributed by atoms with van der Waals surface area (Å²) in [6, 6.07) is 0. The molecule has 132 valence electrons. The number of carbonyl (C=O) groups is 1. The summed E-state index contributed by atoms with van der Waals surface area (Å²) >= 11 is 2.69. The quantitative estimate of drug-likeness (QED) is 0.771. The lowest BCUT2D eigenvalue weighted by molar-refractivity contribution is -0.266. The number of nitrogens with one attached hydrogen (secondary N) is 1. The molecule has 9 heteroatoms. The summed E-state index contributed by atoms with van der Waals surface area (Å²) in [5.41, 5.74) is -0.0246. The van der Waals surface area contributed by atoms with Crippen LogP contribution in [0.2, 0.25) is 0 Å². The molecule has 2 N–H and O–H groups in total. The van der Waals surface area contributed by atoms with Gasteiger partial charge in [0.25, 0.3) is 5.72 Å². The first-order valence-corrected chi connectivity index (χ1v) is 9.42. The van der Waals surface area contributed by atoms with Crippen molar-refractivity contribution in [2.75, 3.05) is 6.26 Å². The Morgan fingerprint density at radius 1 is 1.38 bits per heavy atom. The average Bonchev–Trinajstić information content (AvgIpc) is 3.05. The van der Waals surface area contributed by atoms with Crippen molar-refractivity contribution < 1.29 is 23.1 Å². The highest BCUT2D eigenvalue weighted by Gasteiger charge is 2.58. The second kappa shape index (κ2) is 5.47. The largest absolute Gasteiger partial charge is 0.438 e. The number of nitrogens with zero attached hydrogens (tertiary/aromatic N) is 1. The lowest BCUT2D eigenvalue weighted by atomic mass is 9.72. The van der Waals surface area contributed by atoms with Crippen LogP contribution < -0.4 is 5.43 Å². The van der Waals surface area contributed by atoms with Crippen molar-refractivity contribution in [1.82, 2.24) is 5.43 Å². The van der Waals surface area contributed by atoms with Crippen molar-refractivity contribution in [3.8, 4) is 0 Å². The molecular weight excluding hydrogens is 361 g/mol. The third-order valence-electron chi connectivity index (χ3n) is 4.52. The second-order valence-corrected chi connectivity index (χ2v) is 8.78. The predicted molar refractivity (Wildman–Crippen MR) is 88.0 cm³/mol. The summed E-state index contributed by atoms with van der Waals surface area (Å²) in [5.74, 6) is 0.0221. The molecule has 0 unspecified atom stereocenters. The first-order valence-electron chi connectivity index (χ1n) is 7.38. The first-order chi connectivity index (χ1) is 11.0. The number of hydrazone groups is 1. The van der Waals surface area contributed by atoms with Crippen LogP contribution in [-0.2, 0) is 5.41 Å². The van der Waals surface area contributed by atoms with Crippen LogP contribution in [0.15, 0.2) is 9.31 Å². The van der Waals surface area contributed by atoms with E-state index >= 15 is 0 Å². The predicted octanol–water partition coefficient (Wildman–Crippen LogP) is 3.67. The van der Waals surface area contributed by atoms with E-state index in [2.05, 4.69) is 5.10 Å². The molecule has 1 aliphatic heterocycles. The minimum atomic E-state index is -4.83. The maximum absolute atomic E-state index is 13.0. The number of rotatable bonds is 2. The van der Waals surface area contributed by atoms with Gasteiger partial charge in [-0.15, -0.1) is 23.1 Å². The fourth-order valence-corrected chi connectivity index (χ4v) is 5.33. The zero-order valence-electron chi connectivity index (χ0n) is 13.4. The molecule has 0 aromatic carbocycles. The molecule has 1 atom stereocenters. The van der Waals surface area contributed by atoms with E-state index in [1.54, 1.807) is 0 Å². The summed E-state index contributed by atoms with van der Waals surface area (Å²) in [6.07, 6.45) is -2.59. The molecule has 1 aliphatic carbocycles. The van der Waals surface area contributed by atoms with E-state index < -0.39 is 18.3 Å². The monoisotopic (exact) mass is 378 g/mol. The maximum Gasteiger partial charge on any atom is 0.438 e. The normalized spacial score (nSPS) is 26.1. The third-order valence-corrected chi connectivity index (χ3v) is 6.88. The molecule has 0 saturated heterocycles. The lowest BCUT2D eigenvalue weighted by Gasteiger charge is -2.31. The van der Waals surface area contributed by atoms with Crippen molar-refractivity contribution >= 4 is 34.6 Å². The number of Topliss-reactive ketones (excluding diaryl/α,β-unsaturated/α-hetero) is 1. The van der Waals surface area contributed by atoms with Gasteiger partial charge < -0.3 is 5.11 Å². The van der Waals surface area contributed by atoms with Crippen LogP contribution in [0.25, 0.3) is 0 Å². The van der Waals surface area contributed by atoms with Crippen molar-refractivity contribution in [2.24, 2.45) is 5.10 Å². The highest BCUT2D eigenvalue weighted by atomic mass is 32.2. The molecule has 0 fully saturated rings. The van der Waals surface area contributed by atoms with E-state index in [9.17, 15) is 23.1 Å². The second-order valence-electron chi connectivity index (χ2n) is 6.68. The highest BCUT2D eigenvalue weighted by Crippen LogP contribution is 2.48. The molecular formula is C15H17F3N2O2S2. The van der Waals surface area contributed by atoms with E-state index in [1.807, 2.05) is 25.5 Å². The van der Waals surface area contributed by atoms with Gasteiger partial charge in [-0.2, -0.15) is 18.3 Å². The number of ketones is 1. The Bertz CT molecular complexity index is 740. The van der Waals surface area contributed by atoms with Crippen LogP contribution in [0.4, 0.5) is 13.2 Å². The van der Waals surface area contributed by atoms with Gasteiger partial charge in [-0.3, -0.25) is 10.2 Å². The van der Waals surface area contributed by atoms with E-state index in [4.69, 9.17) is 0 Å². The molecule has 4 nitrogen and oxygen atoms in total. The van der Waals surface area contributed by atoms with Crippen LogP contribution in [0.3, 0.4) is 0 Å². The van der Waals surface area contributed by atoms with Gasteiger partial charge in [-0.1, -0.05) is 13.8 Å². The van der Waals surface area contributed by atoms with Gasteiger partial charge >= 0.3 is 6.18 Å². The molecule has 0 amide bonds. The number of thioether (sulfide) groups is 1. The summed E-state index contributed by atoms with van der Waals surface area (Å²) in [4.78, 5) is 12.9. The average molecular weight is 378 g/mol. The van der Waals surface area contributed by atoms with Crippen LogP contribution in [0.5, 0.6) is 0 Å². The van der Waals surface area contributed by atoms with Gasteiger partial charge in [0.1, 0.15) is 0 Å². The summed E-state index contributed by atoms with van der Waals surface area (Å²) in [7, 11) is 0. The van der Waals surface area contributed by atoms with Crippen molar-refractivity contribution in [3.05, 3.63) is 16.0 Å². The number of aliphatic hydroxyl groups is 1. The fourth-order valence-electron chi connectivity index (χ4n) is 3.11. The van der Waals surface area contributed by atoms with Crippen molar-refractivity contribution in [2.45, 2.75) is 54.6 Å². The molecule has 0 bridgehead atoms. The lowest BCUT2D eigenvalue weighted by Crippen LogP contribution is -2.52. The number of fused-ring (bicyclic) bond motifs is 1. The Hall–Kier alpha value is -1.06. The van der Waals surface area contributed by atoms with Crippen molar-refractivity contribution in [3.63, 3.8) is 0 Å². The molecule has 1 aromatic rings. The number of thiophene rings is 1. The SMILES string of the molecule is CSc1sc(C2=NN[C@](O)(C(F)(F)F)C2)c2c1C(=O)CCC2(C)C. The summed E-state index contributed by atoms with van der Waals surface area (Å²) in [5, 5.41) is 13.5. The van der Waals surface area contributed by atoms with E-state index in [0.29, 0.717) is 23.3 Å². The Kier molecular flexibility index (Phi) is 4.05. The fraction of sp³-hybridized carbons (Fsp3) is 0.600. The summed E-state index contributed by atoms with van der Waals surface area (Å²) in [6.45, 7) is 3.97. The van der Waals surface area contributed by atoms with Crippen LogP contribution in [-0.4, -0.2) is 34.8 Å². The highest BCUT2D eigenvalue weighted by molar-refractivity contribution is 8.00. The maximum atomic E-state index is 13.0. The van der Waals surface area contributed by atoms with Crippen LogP contribution in [0, 0.1) is 0 Å². The molecule has 2 heterocycles. The van der Waals surface area contributed by atoms with Crippen molar-refractivity contribution in [1.29, 1.82) is 0 Å². The van der Waals surface area contributed by atoms with Crippen LogP contribution in [0.1, 0.15) is 53.9 Å². The Morgan fingerprint density at radius 2 is 2.04 bits per heavy atom. The summed E-state index contributed by atoms with van der Waals surface area (Å²) < 4.78 is 39.8. The molecule has 3 rings (SSSR count). The topological polar surface area (TPSA) is 61.7 Å². The molecule has 1 aromatic heterocycles. The Morgan fingerprint density at radius 3 is 2.58 bits per heavy atom. The number of halogens is 3.